The predicted octanol–water partition coefficient (Wildman–Crippen LogP) is 3.91. The number of thioether (sulfide) groups is 1. The molecule has 0 radical (unpaired) electrons. The van der Waals surface area contributed by atoms with Crippen LogP contribution in [0.1, 0.15) is 40.3 Å². The highest BCUT2D eigenvalue weighted by Gasteiger charge is 2.18. The maximum absolute atomic E-state index is 12.1. The number of thiazole rings is 1. The maximum Gasteiger partial charge on any atom is 0.338 e. The average Bonchev–Trinajstić information content (AvgIpc) is 3.10. The molecule has 5 nitrogen and oxygen atoms in total. The van der Waals surface area contributed by atoms with Crippen molar-refractivity contribution in [2.75, 3.05) is 19.7 Å². The second-order valence-corrected chi connectivity index (χ2v) is 8.30. The summed E-state index contributed by atoms with van der Waals surface area (Å²) in [6, 6.07) is 7.27. The highest BCUT2D eigenvalue weighted by molar-refractivity contribution is 7.98. The van der Waals surface area contributed by atoms with Crippen LogP contribution in [0.4, 0.5) is 0 Å². The van der Waals surface area contributed by atoms with Gasteiger partial charge in [-0.2, -0.15) is 0 Å². The lowest BCUT2D eigenvalue weighted by Gasteiger charge is -2.26. The summed E-state index contributed by atoms with van der Waals surface area (Å²) >= 11 is 3.32. The molecule has 0 spiro atoms. The van der Waals surface area contributed by atoms with Gasteiger partial charge in [0.1, 0.15) is 0 Å². The van der Waals surface area contributed by atoms with Crippen LogP contribution in [0.25, 0.3) is 0 Å². The van der Waals surface area contributed by atoms with Gasteiger partial charge < -0.3 is 9.64 Å². The van der Waals surface area contributed by atoms with Crippen molar-refractivity contribution in [1.82, 2.24) is 9.88 Å². The Morgan fingerprint density at radius 3 is 2.58 bits per heavy atom. The van der Waals surface area contributed by atoms with E-state index in [1.54, 1.807) is 40.1 Å². The second-order valence-electron chi connectivity index (χ2n) is 6.19. The molecule has 1 aliphatic rings. The van der Waals surface area contributed by atoms with Gasteiger partial charge in [-0.1, -0.05) is 0 Å². The lowest BCUT2D eigenvalue weighted by molar-refractivity contribution is -0.135. The largest absolute Gasteiger partial charge is 0.452 e. The van der Waals surface area contributed by atoms with Crippen molar-refractivity contribution in [2.45, 2.75) is 36.8 Å². The van der Waals surface area contributed by atoms with Crippen LogP contribution >= 0.6 is 23.1 Å². The molecule has 1 aliphatic heterocycles. The van der Waals surface area contributed by atoms with Gasteiger partial charge >= 0.3 is 5.97 Å². The third-order valence-corrected chi connectivity index (χ3v) is 6.05. The number of piperidine rings is 1. The lowest BCUT2D eigenvalue weighted by Crippen LogP contribution is -2.38. The number of rotatable bonds is 6. The normalized spacial score (nSPS) is 14.3. The van der Waals surface area contributed by atoms with Crippen molar-refractivity contribution < 1.29 is 14.3 Å². The molecular weight excluding hydrogens is 368 g/mol. The Balaban J connectivity index is 1.46. The van der Waals surface area contributed by atoms with Crippen molar-refractivity contribution in [3.05, 3.63) is 45.9 Å². The van der Waals surface area contributed by atoms with E-state index in [1.165, 1.54) is 0 Å². The molecule has 1 aromatic heterocycles. The van der Waals surface area contributed by atoms with Gasteiger partial charge in [0, 0.05) is 29.1 Å². The highest BCUT2D eigenvalue weighted by atomic mass is 32.2. The average molecular weight is 391 g/mol. The quantitative estimate of drug-likeness (QED) is 0.553. The molecule has 3 rings (SSSR count). The van der Waals surface area contributed by atoms with Gasteiger partial charge in [0.2, 0.25) is 0 Å². The first-order valence-electron chi connectivity index (χ1n) is 8.70. The molecule has 1 amide bonds. The number of benzene rings is 1. The molecule has 0 saturated carbocycles. The van der Waals surface area contributed by atoms with Crippen LogP contribution in [-0.4, -0.2) is 41.5 Å². The number of amides is 1. The summed E-state index contributed by atoms with van der Waals surface area (Å²) in [4.78, 5) is 31.4. The Bertz CT molecular complexity index is 752. The minimum absolute atomic E-state index is 0.108. The summed E-state index contributed by atoms with van der Waals surface area (Å²) in [7, 11) is 0. The van der Waals surface area contributed by atoms with Gasteiger partial charge in [-0.05, 0) is 50.5 Å². The van der Waals surface area contributed by atoms with Crippen LogP contribution in [0.15, 0.2) is 34.5 Å². The van der Waals surface area contributed by atoms with Crippen LogP contribution in [0.2, 0.25) is 0 Å². The third-order valence-electron chi connectivity index (χ3n) is 4.18. The van der Waals surface area contributed by atoms with E-state index in [2.05, 4.69) is 10.4 Å². The summed E-state index contributed by atoms with van der Waals surface area (Å²) in [5.74, 6) is 0.240. The van der Waals surface area contributed by atoms with Crippen molar-refractivity contribution in [3.63, 3.8) is 0 Å². The molecule has 2 heterocycles. The predicted molar refractivity (Wildman–Crippen MR) is 104 cm³/mol. The number of hydrogen-bond donors (Lipinski definition) is 0. The van der Waals surface area contributed by atoms with E-state index in [0.29, 0.717) is 5.56 Å². The Kier molecular flexibility index (Phi) is 6.68. The number of aryl methyl sites for hydroxylation is 1. The van der Waals surface area contributed by atoms with Crippen LogP contribution in [0, 0.1) is 6.92 Å². The fraction of sp³-hybridized carbons (Fsp3) is 0.421. The number of likely N-dealkylation sites (tertiary alicyclic amines) is 1. The highest BCUT2D eigenvalue weighted by Crippen LogP contribution is 2.24. The molecule has 0 bridgehead atoms. The molecule has 0 unspecified atom stereocenters. The topological polar surface area (TPSA) is 59.5 Å². The molecule has 0 aliphatic carbocycles. The minimum Gasteiger partial charge on any atom is -0.452 e. The monoisotopic (exact) mass is 390 g/mol. The molecule has 138 valence electrons. The number of esters is 1. The van der Waals surface area contributed by atoms with E-state index in [4.69, 9.17) is 4.74 Å². The van der Waals surface area contributed by atoms with Crippen molar-refractivity contribution >= 4 is 35.0 Å². The molecule has 1 fully saturated rings. The van der Waals surface area contributed by atoms with Crippen LogP contribution < -0.4 is 0 Å². The van der Waals surface area contributed by atoms with Crippen molar-refractivity contribution in [2.24, 2.45) is 0 Å². The lowest BCUT2D eigenvalue weighted by atomic mass is 10.1. The minimum atomic E-state index is -0.456. The molecule has 1 saturated heterocycles. The van der Waals surface area contributed by atoms with E-state index >= 15 is 0 Å². The number of carbonyl (C=O) groups is 2. The fourth-order valence-electron chi connectivity index (χ4n) is 2.76. The first-order chi connectivity index (χ1) is 12.6. The number of ether oxygens (including phenoxy) is 1. The van der Waals surface area contributed by atoms with Gasteiger partial charge in [0.05, 0.1) is 16.3 Å². The summed E-state index contributed by atoms with van der Waals surface area (Å²) in [5, 5.41) is 3.13. The summed E-state index contributed by atoms with van der Waals surface area (Å²) in [6.45, 7) is 3.34. The van der Waals surface area contributed by atoms with Crippen LogP contribution in [0.3, 0.4) is 0 Å². The molecule has 26 heavy (non-hydrogen) atoms. The number of nitrogens with zero attached hydrogens (tertiary/aromatic N) is 2. The maximum atomic E-state index is 12.1. The molecule has 0 atom stereocenters. The molecular formula is C19H22N2O3S2. The van der Waals surface area contributed by atoms with E-state index < -0.39 is 5.97 Å². The van der Waals surface area contributed by atoms with E-state index in [0.717, 1.165) is 53.7 Å². The van der Waals surface area contributed by atoms with E-state index in [1.807, 2.05) is 19.1 Å². The number of hydrogen-bond acceptors (Lipinski definition) is 6. The third kappa shape index (κ3) is 5.32. The van der Waals surface area contributed by atoms with Crippen LogP contribution in [0.5, 0.6) is 0 Å². The Labute approximate surface area is 161 Å². The van der Waals surface area contributed by atoms with Gasteiger partial charge in [0.25, 0.3) is 5.91 Å². The van der Waals surface area contributed by atoms with Gasteiger partial charge in [-0.25, -0.2) is 9.78 Å². The Hall–Kier alpha value is -1.86. The summed E-state index contributed by atoms with van der Waals surface area (Å²) < 4.78 is 5.17. The zero-order chi connectivity index (χ0) is 18.4. The second kappa shape index (κ2) is 9.19. The Morgan fingerprint density at radius 1 is 1.19 bits per heavy atom. The van der Waals surface area contributed by atoms with E-state index in [9.17, 15) is 9.59 Å². The van der Waals surface area contributed by atoms with Crippen molar-refractivity contribution in [1.29, 1.82) is 0 Å². The standard InChI is InChI=1S/C19H22N2O3S2/c1-14-20-16(12-25-14)13-26-17-7-5-15(6-8-17)19(23)24-11-18(22)21-9-3-2-4-10-21/h5-8,12H,2-4,9-11,13H2,1H3. The SMILES string of the molecule is Cc1nc(CSc2ccc(C(=O)OCC(=O)N3CCCCC3)cc2)cs1. The fourth-order valence-corrected chi connectivity index (χ4v) is 4.27. The van der Waals surface area contributed by atoms with Gasteiger partial charge in [-0.3, -0.25) is 4.79 Å². The Morgan fingerprint density at radius 2 is 1.92 bits per heavy atom. The number of carbonyl (C=O) groups excluding carboxylic acids is 2. The first kappa shape index (κ1) is 18.9. The molecule has 7 heteroatoms. The zero-order valence-corrected chi connectivity index (χ0v) is 16.4. The first-order valence-corrected chi connectivity index (χ1v) is 10.6. The smallest absolute Gasteiger partial charge is 0.338 e. The number of aromatic nitrogens is 1. The summed E-state index contributed by atoms with van der Waals surface area (Å²) in [6.07, 6.45) is 3.22. The molecule has 0 N–H and O–H groups in total. The van der Waals surface area contributed by atoms with Gasteiger partial charge in [-0.15, -0.1) is 23.1 Å². The van der Waals surface area contributed by atoms with E-state index in [-0.39, 0.29) is 12.5 Å². The zero-order valence-electron chi connectivity index (χ0n) is 14.8. The molecule has 1 aromatic carbocycles. The van der Waals surface area contributed by atoms with Gasteiger partial charge in [0.15, 0.2) is 6.61 Å². The van der Waals surface area contributed by atoms with Crippen LogP contribution in [-0.2, 0) is 15.3 Å². The molecule has 2 aromatic rings. The summed E-state index contributed by atoms with van der Waals surface area (Å²) in [5.41, 5.74) is 1.53. The van der Waals surface area contributed by atoms with Crippen molar-refractivity contribution in [3.8, 4) is 0 Å².